The normalized spacial score (nSPS) is 11.7. The first-order valence-electron chi connectivity index (χ1n) is 7.41. The maximum Gasteiger partial charge on any atom is 0.265 e. The van der Waals surface area contributed by atoms with Gasteiger partial charge in [-0.05, 0) is 71.8 Å². The fraction of sp³-hybridized carbons (Fsp3) is 0.278. The molecule has 4 nitrogen and oxygen atoms in total. The van der Waals surface area contributed by atoms with E-state index >= 15 is 0 Å². The molecule has 0 saturated carbocycles. The summed E-state index contributed by atoms with van der Waals surface area (Å²) in [4.78, 5) is 12.5. The van der Waals surface area contributed by atoms with Crippen molar-refractivity contribution in [2.24, 2.45) is 0 Å². The van der Waals surface area contributed by atoms with E-state index in [9.17, 15) is 4.79 Å². The second-order valence-electron chi connectivity index (χ2n) is 5.11. The maximum atomic E-state index is 12.5. The molecule has 2 aromatic carbocycles. The minimum Gasteiger partial charge on any atom is -0.493 e. The number of anilines is 1. The number of carbonyl (C=O) groups is 1. The Morgan fingerprint density at radius 2 is 1.91 bits per heavy atom. The number of benzene rings is 2. The smallest absolute Gasteiger partial charge is 0.265 e. The van der Waals surface area contributed by atoms with Gasteiger partial charge < -0.3 is 14.8 Å². The van der Waals surface area contributed by atoms with Crippen LogP contribution in [0.3, 0.4) is 0 Å². The first-order chi connectivity index (χ1) is 11.0. The van der Waals surface area contributed by atoms with Crippen LogP contribution in [0.25, 0.3) is 0 Å². The SMILES string of the molecule is CCC(Oc1ccccc1OC)C(=O)Nc1ccc(I)cc1C. The summed E-state index contributed by atoms with van der Waals surface area (Å²) in [6, 6.07) is 13.2. The van der Waals surface area contributed by atoms with E-state index in [1.165, 1.54) is 0 Å². The molecule has 0 fully saturated rings. The minimum atomic E-state index is -0.579. The Morgan fingerprint density at radius 1 is 1.22 bits per heavy atom. The summed E-state index contributed by atoms with van der Waals surface area (Å²) in [7, 11) is 1.58. The molecule has 0 aliphatic heterocycles. The average Bonchev–Trinajstić information content (AvgIpc) is 2.55. The second kappa shape index (κ2) is 8.19. The van der Waals surface area contributed by atoms with Crippen LogP contribution in [0.5, 0.6) is 11.5 Å². The van der Waals surface area contributed by atoms with Gasteiger partial charge in [0.25, 0.3) is 5.91 Å². The number of hydrogen-bond donors (Lipinski definition) is 1. The van der Waals surface area contributed by atoms with E-state index in [1.807, 2.05) is 50.2 Å². The Hall–Kier alpha value is -1.76. The fourth-order valence-electron chi connectivity index (χ4n) is 2.17. The molecule has 0 bridgehead atoms. The highest BCUT2D eigenvalue weighted by Crippen LogP contribution is 2.27. The molecule has 2 aromatic rings. The van der Waals surface area contributed by atoms with Gasteiger partial charge in [-0.2, -0.15) is 0 Å². The van der Waals surface area contributed by atoms with E-state index < -0.39 is 6.10 Å². The number of ether oxygens (including phenoxy) is 2. The zero-order valence-electron chi connectivity index (χ0n) is 13.4. The fourth-order valence-corrected chi connectivity index (χ4v) is 2.82. The number of hydrogen-bond acceptors (Lipinski definition) is 3. The summed E-state index contributed by atoms with van der Waals surface area (Å²) < 4.78 is 12.2. The Kier molecular flexibility index (Phi) is 6.27. The minimum absolute atomic E-state index is 0.164. The Bertz CT molecular complexity index is 688. The molecule has 1 atom stereocenters. The summed E-state index contributed by atoms with van der Waals surface area (Å²) in [5.74, 6) is 1.02. The predicted octanol–water partition coefficient (Wildman–Crippen LogP) is 4.40. The van der Waals surface area contributed by atoms with Crippen molar-refractivity contribution < 1.29 is 14.3 Å². The van der Waals surface area contributed by atoms with Gasteiger partial charge in [-0.15, -0.1) is 0 Å². The van der Waals surface area contributed by atoms with Gasteiger partial charge in [-0.3, -0.25) is 4.79 Å². The number of methoxy groups -OCH3 is 1. The molecule has 2 rings (SSSR count). The van der Waals surface area contributed by atoms with Gasteiger partial charge in [-0.25, -0.2) is 0 Å². The highest BCUT2D eigenvalue weighted by atomic mass is 127. The van der Waals surface area contributed by atoms with E-state index in [4.69, 9.17) is 9.47 Å². The molecule has 0 saturated heterocycles. The molecule has 0 heterocycles. The Balaban J connectivity index is 2.12. The molecule has 0 aliphatic carbocycles. The van der Waals surface area contributed by atoms with Crippen LogP contribution in [0.1, 0.15) is 18.9 Å². The van der Waals surface area contributed by atoms with Crippen LogP contribution < -0.4 is 14.8 Å². The number of nitrogens with one attached hydrogen (secondary N) is 1. The van der Waals surface area contributed by atoms with Gasteiger partial charge in [0.1, 0.15) is 0 Å². The van der Waals surface area contributed by atoms with E-state index in [0.29, 0.717) is 17.9 Å². The predicted molar refractivity (Wildman–Crippen MR) is 100 cm³/mol. The molecule has 122 valence electrons. The van der Waals surface area contributed by atoms with E-state index in [1.54, 1.807) is 13.2 Å². The molecule has 0 spiro atoms. The van der Waals surface area contributed by atoms with Crippen LogP contribution in [0, 0.1) is 10.5 Å². The maximum absolute atomic E-state index is 12.5. The topological polar surface area (TPSA) is 47.6 Å². The lowest BCUT2D eigenvalue weighted by Gasteiger charge is -2.19. The van der Waals surface area contributed by atoms with Crippen LogP contribution in [0.4, 0.5) is 5.69 Å². The lowest BCUT2D eigenvalue weighted by Crippen LogP contribution is -2.32. The van der Waals surface area contributed by atoms with Crippen molar-refractivity contribution in [3.05, 3.63) is 51.6 Å². The number of rotatable bonds is 6. The van der Waals surface area contributed by atoms with Crippen LogP contribution in [-0.2, 0) is 4.79 Å². The van der Waals surface area contributed by atoms with Crippen molar-refractivity contribution in [3.63, 3.8) is 0 Å². The lowest BCUT2D eigenvalue weighted by molar-refractivity contribution is -0.122. The summed E-state index contributed by atoms with van der Waals surface area (Å²) in [5, 5.41) is 2.94. The van der Waals surface area contributed by atoms with E-state index in [2.05, 4.69) is 27.9 Å². The third-order valence-electron chi connectivity index (χ3n) is 3.45. The molecular formula is C18H20INO3. The van der Waals surface area contributed by atoms with Crippen molar-refractivity contribution in [1.82, 2.24) is 0 Å². The number of amides is 1. The molecule has 0 aromatic heterocycles. The second-order valence-corrected chi connectivity index (χ2v) is 6.36. The molecule has 0 aliphatic rings. The van der Waals surface area contributed by atoms with Gasteiger partial charge in [0.2, 0.25) is 0 Å². The zero-order chi connectivity index (χ0) is 16.8. The lowest BCUT2D eigenvalue weighted by atomic mass is 10.2. The van der Waals surface area contributed by atoms with Crippen LogP contribution in [0.2, 0.25) is 0 Å². The van der Waals surface area contributed by atoms with Crippen molar-refractivity contribution >= 4 is 34.2 Å². The molecular weight excluding hydrogens is 405 g/mol. The first kappa shape index (κ1) is 17.6. The molecule has 1 unspecified atom stereocenters. The molecule has 23 heavy (non-hydrogen) atoms. The Labute approximate surface area is 150 Å². The van der Waals surface area contributed by atoms with E-state index in [0.717, 1.165) is 14.8 Å². The zero-order valence-corrected chi connectivity index (χ0v) is 15.6. The van der Waals surface area contributed by atoms with Gasteiger partial charge in [0.05, 0.1) is 7.11 Å². The molecule has 5 heteroatoms. The Morgan fingerprint density at radius 3 is 2.52 bits per heavy atom. The van der Waals surface area contributed by atoms with Crippen LogP contribution >= 0.6 is 22.6 Å². The highest BCUT2D eigenvalue weighted by molar-refractivity contribution is 14.1. The van der Waals surface area contributed by atoms with Gasteiger partial charge in [0, 0.05) is 9.26 Å². The standard InChI is InChI=1S/C18H20INO3/c1-4-15(23-17-8-6-5-7-16(17)22-3)18(21)20-14-10-9-13(19)11-12(14)2/h5-11,15H,4H2,1-3H3,(H,20,21). The van der Waals surface area contributed by atoms with E-state index in [-0.39, 0.29) is 5.91 Å². The summed E-state index contributed by atoms with van der Waals surface area (Å²) in [6.07, 6.45) is -0.0159. The van der Waals surface area contributed by atoms with Crippen molar-refractivity contribution in [1.29, 1.82) is 0 Å². The third-order valence-corrected chi connectivity index (χ3v) is 4.12. The van der Waals surface area contributed by atoms with Gasteiger partial charge in [0.15, 0.2) is 17.6 Å². The summed E-state index contributed by atoms with van der Waals surface area (Å²) in [6.45, 7) is 3.89. The van der Waals surface area contributed by atoms with Crippen LogP contribution in [0.15, 0.2) is 42.5 Å². The number of carbonyl (C=O) groups excluding carboxylic acids is 1. The van der Waals surface area contributed by atoms with Crippen LogP contribution in [-0.4, -0.2) is 19.1 Å². The summed E-state index contributed by atoms with van der Waals surface area (Å²) in [5.41, 5.74) is 1.83. The summed E-state index contributed by atoms with van der Waals surface area (Å²) >= 11 is 2.25. The molecule has 1 N–H and O–H groups in total. The number of para-hydroxylation sites is 2. The van der Waals surface area contributed by atoms with Gasteiger partial charge in [-0.1, -0.05) is 19.1 Å². The largest absolute Gasteiger partial charge is 0.493 e. The first-order valence-corrected chi connectivity index (χ1v) is 8.49. The van der Waals surface area contributed by atoms with Gasteiger partial charge >= 0.3 is 0 Å². The average molecular weight is 425 g/mol. The van der Waals surface area contributed by atoms with Crippen molar-refractivity contribution in [2.75, 3.05) is 12.4 Å². The highest BCUT2D eigenvalue weighted by Gasteiger charge is 2.20. The van der Waals surface area contributed by atoms with Crippen molar-refractivity contribution in [3.8, 4) is 11.5 Å². The number of aryl methyl sites for hydroxylation is 1. The third kappa shape index (κ3) is 4.60. The molecule has 0 radical (unpaired) electrons. The number of halogens is 1. The van der Waals surface area contributed by atoms with Crippen molar-refractivity contribution in [2.45, 2.75) is 26.4 Å². The quantitative estimate of drug-likeness (QED) is 0.698. The molecule has 1 amide bonds. The monoisotopic (exact) mass is 425 g/mol.